The molecule has 17 heavy (non-hydrogen) atoms. The Morgan fingerprint density at radius 2 is 1.88 bits per heavy atom. The summed E-state index contributed by atoms with van der Waals surface area (Å²) in [5.41, 5.74) is 0.497. The van der Waals surface area contributed by atoms with Crippen molar-refractivity contribution in [2.45, 2.75) is 0 Å². The van der Waals surface area contributed by atoms with E-state index in [1.54, 1.807) is 23.5 Å². The van der Waals surface area contributed by atoms with Gasteiger partial charge in [-0.25, -0.2) is 0 Å². The van der Waals surface area contributed by atoms with E-state index in [0.29, 0.717) is 5.46 Å². The molecule has 2 aromatic carbocycles. The van der Waals surface area contributed by atoms with Crippen molar-refractivity contribution < 1.29 is 10.0 Å². The second kappa shape index (κ2) is 4.00. The Balaban J connectivity index is 2.42. The highest BCUT2D eigenvalue weighted by molar-refractivity contribution is 7.26. The first-order chi connectivity index (χ1) is 8.16. The molecule has 0 aliphatic rings. The molecule has 0 saturated carbocycles. The molecule has 0 aliphatic heterocycles. The number of benzene rings is 2. The Morgan fingerprint density at radius 3 is 2.65 bits per heavy atom. The molecule has 0 saturated heterocycles. The van der Waals surface area contributed by atoms with Crippen LogP contribution in [0.2, 0.25) is 5.02 Å². The molecule has 0 unspecified atom stereocenters. The molecule has 0 radical (unpaired) electrons. The predicted molar refractivity (Wildman–Crippen MR) is 74.2 cm³/mol. The molecular formula is C12H8BClO2S. The van der Waals surface area contributed by atoms with Gasteiger partial charge in [0.15, 0.2) is 0 Å². The maximum absolute atomic E-state index is 9.18. The summed E-state index contributed by atoms with van der Waals surface area (Å²) >= 11 is 7.76. The van der Waals surface area contributed by atoms with Crippen LogP contribution < -0.4 is 5.46 Å². The lowest BCUT2D eigenvalue weighted by atomic mass is 9.80. The van der Waals surface area contributed by atoms with Gasteiger partial charge in [-0.3, -0.25) is 0 Å². The molecule has 1 heterocycles. The second-order valence-corrected chi connectivity index (χ2v) is 5.31. The smallest absolute Gasteiger partial charge is 0.423 e. The fourth-order valence-corrected chi connectivity index (χ4v) is 3.32. The Hall–Kier alpha value is -1.07. The first kappa shape index (κ1) is 11.0. The van der Waals surface area contributed by atoms with Gasteiger partial charge in [-0.2, -0.15) is 0 Å². The highest BCUT2D eigenvalue weighted by atomic mass is 35.5. The molecular weight excluding hydrogens is 254 g/mol. The van der Waals surface area contributed by atoms with E-state index >= 15 is 0 Å². The van der Waals surface area contributed by atoms with Crippen LogP contribution in [-0.2, 0) is 0 Å². The maximum atomic E-state index is 9.18. The van der Waals surface area contributed by atoms with Crippen LogP contribution in [0.15, 0.2) is 36.4 Å². The van der Waals surface area contributed by atoms with Gasteiger partial charge < -0.3 is 10.0 Å². The zero-order chi connectivity index (χ0) is 12.0. The van der Waals surface area contributed by atoms with E-state index in [4.69, 9.17) is 11.6 Å². The predicted octanol–water partition coefficient (Wildman–Crippen LogP) is 2.39. The topological polar surface area (TPSA) is 40.5 Å². The van der Waals surface area contributed by atoms with Crippen molar-refractivity contribution in [3.05, 3.63) is 41.4 Å². The normalized spacial score (nSPS) is 11.2. The van der Waals surface area contributed by atoms with Crippen LogP contribution in [0.3, 0.4) is 0 Å². The van der Waals surface area contributed by atoms with E-state index < -0.39 is 7.12 Å². The van der Waals surface area contributed by atoms with Gasteiger partial charge in [0.1, 0.15) is 0 Å². The molecule has 1 aromatic heterocycles. The SMILES string of the molecule is OB(O)c1ccc2sc3c(Cl)cccc3c2c1. The van der Waals surface area contributed by atoms with Gasteiger partial charge in [-0.1, -0.05) is 35.9 Å². The molecule has 0 spiro atoms. The third-order valence-electron chi connectivity index (χ3n) is 2.77. The molecule has 3 rings (SSSR count). The molecule has 0 fully saturated rings. The molecule has 0 amide bonds. The van der Waals surface area contributed by atoms with E-state index in [2.05, 4.69) is 0 Å². The summed E-state index contributed by atoms with van der Waals surface area (Å²) in [7, 11) is -1.44. The largest absolute Gasteiger partial charge is 0.488 e. The molecule has 2 N–H and O–H groups in total. The summed E-state index contributed by atoms with van der Waals surface area (Å²) in [6, 6.07) is 11.2. The van der Waals surface area contributed by atoms with Crippen LogP contribution in [0.4, 0.5) is 0 Å². The fraction of sp³-hybridized carbons (Fsp3) is 0. The van der Waals surface area contributed by atoms with Gasteiger partial charge in [0.2, 0.25) is 0 Å². The summed E-state index contributed by atoms with van der Waals surface area (Å²) in [6.45, 7) is 0. The van der Waals surface area contributed by atoms with Crippen molar-refractivity contribution in [3.63, 3.8) is 0 Å². The van der Waals surface area contributed by atoms with Gasteiger partial charge in [0.05, 0.1) is 9.72 Å². The minimum absolute atomic E-state index is 0.497. The highest BCUT2D eigenvalue weighted by Gasteiger charge is 2.14. The van der Waals surface area contributed by atoms with Gasteiger partial charge in [0, 0.05) is 15.5 Å². The minimum Gasteiger partial charge on any atom is -0.423 e. The lowest BCUT2D eigenvalue weighted by Gasteiger charge is -1.99. The monoisotopic (exact) mass is 262 g/mol. The molecule has 0 bridgehead atoms. The Labute approximate surface area is 107 Å². The summed E-state index contributed by atoms with van der Waals surface area (Å²) in [6.07, 6.45) is 0. The average Bonchev–Trinajstić information content (AvgIpc) is 2.68. The number of fused-ring (bicyclic) bond motifs is 3. The lowest BCUT2D eigenvalue weighted by molar-refractivity contribution is 0.426. The van der Waals surface area contributed by atoms with Crippen molar-refractivity contribution >= 4 is 55.7 Å². The van der Waals surface area contributed by atoms with E-state index in [9.17, 15) is 10.0 Å². The molecule has 5 heteroatoms. The number of rotatable bonds is 1. The highest BCUT2D eigenvalue weighted by Crippen LogP contribution is 2.37. The Kier molecular flexibility index (Phi) is 2.60. The van der Waals surface area contributed by atoms with Crippen molar-refractivity contribution in [2.24, 2.45) is 0 Å². The Morgan fingerprint density at radius 1 is 1.06 bits per heavy atom. The van der Waals surface area contributed by atoms with Crippen LogP contribution in [0, 0.1) is 0 Å². The van der Waals surface area contributed by atoms with E-state index in [0.717, 1.165) is 25.2 Å². The van der Waals surface area contributed by atoms with E-state index in [1.807, 2.05) is 24.3 Å². The van der Waals surface area contributed by atoms with Gasteiger partial charge in [-0.05, 0) is 17.6 Å². The third-order valence-corrected chi connectivity index (χ3v) is 4.42. The average molecular weight is 263 g/mol. The van der Waals surface area contributed by atoms with E-state index in [-0.39, 0.29) is 0 Å². The van der Waals surface area contributed by atoms with Crippen molar-refractivity contribution in [3.8, 4) is 0 Å². The number of thiophene rings is 1. The maximum Gasteiger partial charge on any atom is 0.488 e. The van der Waals surface area contributed by atoms with Crippen LogP contribution in [0.25, 0.3) is 20.2 Å². The summed E-state index contributed by atoms with van der Waals surface area (Å²) < 4.78 is 2.13. The zero-order valence-electron chi connectivity index (χ0n) is 8.72. The third kappa shape index (κ3) is 1.74. The number of hydrogen-bond acceptors (Lipinski definition) is 3. The standard InChI is InChI=1S/C12H8BClO2S/c14-10-3-1-2-8-9-6-7(13(15)16)4-5-11(9)17-12(8)10/h1-6,15-16H. The zero-order valence-corrected chi connectivity index (χ0v) is 10.3. The van der Waals surface area contributed by atoms with Crippen molar-refractivity contribution in [1.29, 1.82) is 0 Å². The van der Waals surface area contributed by atoms with Crippen LogP contribution in [-0.4, -0.2) is 17.2 Å². The van der Waals surface area contributed by atoms with Gasteiger partial charge >= 0.3 is 7.12 Å². The lowest BCUT2D eigenvalue weighted by Crippen LogP contribution is -2.29. The van der Waals surface area contributed by atoms with Crippen LogP contribution in [0.5, 0.6) is 0 Å². The quantitative estimate of drug-likeness (QED) is 0.661. The first-order valence-electron chi connectivity index (χ1n) is 5.13. The molecule has 3 aromatic rings. The summed E-state index contributed by atoms with van der Waals surface area (Å²) in [4.78, 5) is 0. The molecule has 0 atom stereocenters. The molecule has 2 nitrogen and oxygen atoms in total. The molecule has 0 aliphatic carbocycles. The summed E-state index contributed by atoms with van der Waals surface area (Å²) in [5.74, 6) is 0. The van der Waals surface area contributed by atoms with Crippen LogP contribution >= 0.6 is 22.9 Å². The minimum atomic E-state index is -1.44. The van der Waals surface area contributed by atoms with E-state index in [1.165, 1.54) is 0 Å². The molecule has 84 valence electrons. The summed E-state index contributed by atoms with van der Waals surface area (Å²) in [5, 5.41) is 21.2. The van der Waals surface area contributed by atoms with Crippen molar-refractivity contribution in [2.75, 3.05) is 0 Å². The number of hydrogen-bond donors (Lipinski definition) is 2. The van der Waals surface area contributed by atoms with Gasteiger partial charge in [0.25, 0.3) is 0 Å². The fourth-order valence-electron chi connectivity index (χ4n) is 1.94. The van der Waals surface area contributed by atoms with Crippen molar-refractivity contribution in [1.82, 2.24) is 0 Å². The van der Waals surface area contributed by atoms with Gasteiger partial charge in [-0.15, -0.1) is 11.3 Å². The second-order valence-electron chi connectivity index (χ2n) is 3.85. The Bertz CT molecular complexity index is 708. The van der Waals surface area contributed by atoms with Crippen LogP contribution in [0.1, 0.15) is 0 Å². The number of halogens is 1. The first-order valence-corrected chi connectivity index (χ1v) is 6.33.